The highest BCUT2D eigenvalue weighted by Gasteiger charge is 2.24. The number of benzene rings is 24. The Balaban J connectivity index is 0.000000156. The van der Waals surface area contributed by atoms with Crippen LogP contribution in [-0.4, -0.2) is 0 Å². The molecule has 0 bridgehead atoms. The van der Waals surface area contributed by atoms with E-state index >= 15 is 0 Å². The summed E-state index contributed by atoms with van der Waals surface area (Å²) in [6.45, 7) is 13.3. The van der Waals surface area contributed by atoms with Crippen molar-refractivity contribution in [1.82, 2.24) is 0 Å². The van der Waals surface area contributed by atoms with Crippen LogP contribution in [-0.2, 0) is 0 Å². The molecule has 0 unspecified atom stereocenters. The summed E-state index contributed by atoms with van der Waals surface area (Å²) in [5.74, 6) is 0. The Morgan fingerprint density at radius 3 is 0.514 bits per heavy atom. The summed E-state index contributed by atoms with van der Waals surface area (Å²) in [6, 6.07) is 187. The largest absolute Gasteiger partial charge is 0.311 e. The van der Waals surface area contributed by atoms with Crippen LogP contribution in [0.3, 0.4) is 0 Å². The van der Waals surface area contributed by atoms with Crippen LogP contribution in [0.15, 0.2) is 510 Å². The summed E-state index contributed by atoms with van der Waals surface area (Å²) in [7, 11) is 0. The number of hydrogen-bond acceptors (Lipinski definition) is 2. The van der Waals surface area contributed by atoms with Gasteiger partial charge in [-0.15, -0.1) is 0 Å². The van der Waals surface area contributed by atoms with Gasteiger partial charge in [0.05, 0.1) is 0 Å². The van der Waals surface area contributed by atoms with E-state index < -0.39 is 0 Å². The molecule has 664 valence electrons. The van der Waals surface area contributed by atoms with Crippen LogP contribution in [0, 0.1) is 41.5 Å². The number of rotatable bonds is 18. The second-order valence-corrected chi connectivity index (χ2v) is 37.2. The lowest BCUT2D eigenvalue weighted by Crippen LogP contribution is -2.10. The average Bonchev–Trinajstić information content (AvgIpc) is 0.755. The van der Waals surface area contributed by atoms with Gasteiger partial charge in [0.1, 0.15) is 0 Å². The molecule has 24 aromatic rings. The molecule has 0 amide bonds. The maximum atomic E-state index is 2.40. The first-order valence-corrected chi connectivity index (χ1v) is 48.6. The summed E-state index contributed by atoms with van der Waals surface area (Å²) in [4.78, 5) is 4.79. The highest BCUT2D eigenvalue weighted by atomic mass is 15.1. The Labute approximate surface area is 820 Å². The molecule has 0 spiro atoms. The van der Waals surface area contributed by atoms with E-state index in [4.69, 9.17) is 0 Å². The van der Waals surface area contributed by atoms with Gasteiger partial charge in [0, 0.05) is 34.1 Å². The van der Waals surface area contributed by atoms with Gasteiger partial charge in [-0.3, -0.25) is 0 Å². The fraction of sp³-hybridized carbons (Fsp3) is 0.0435. The Bertz CT molecular complexity index is 7920. The zero-order valence-corrected chi connectivity index (χ0v) is 79.4. The zero-order valence-electron chi connectivity index (χ0n) is 79.4. The molecule has 0 fully saturated rings. The molecule has 2 heteroatoms. The summed E-state index contributed by atoms with van der Waals surface area (Å²) in [5.41, 5.74) is 43.4. The van der Waals surface area contributed by atoms with Gasteiger partial charge in [-0.1, -0.05) is 419 Å². The van der Waals surface area contributed by atoms with Crippen LogP contribution in [0.25, 0.3) is 198 Å². The Morgan fingerprint density at radius 2 is 0.286 bits per heavy atom. The molecule has 24 rings (SSSR count). The molecular formula is C138H102N2. The number of aryl methyl sites for hydroxylation is 6. The minimum atomic E-state index is 1.08. The minimum Gasteiger partial charge on any atom is -0.311 e. The van der Waals surface area contributed by atoms with E-state index in [0.717, 1.165) is 34.1 Å². The smallest absolute Gasteiger partial charge is 0.0462 e. The first-order valence-electron chi connectivity index (χ1n) is 48.6. The minimum absolute atomic E-state index is 1.08. The maximum Gasteiger partial charge on any atom is 0.0462 e. The number of anilines is 6. The van der Waals surface area contributed by atoms with Crippen molar-refractivity contribution in [1.29, 1.82) is 0 Å². The molecule has 0 saturated carbocycles. The van der Waals surface area contributed by atoms with Crippen LogP contribution in [0.2, 0.25) is 0 Å². The summed E-state index contributed by atoms with van der Waals surface area (Å²) >= 11 is 0. The monoisotopic (exact) mass is 1790 g/mol. The number of nitrogens with zero attached hydrogens (tertiary/aromatic N) is 2. The van der Waals surface area contributed by atoms with Gasteiger partial charge < -0.3 is 9.80 Å². The van der Waals surface area contributed by atoms with E-state index in [-0.39, 0.29) is 0 Å². The standard InChI is InChI=1S/2C69H51N/c1-46-43-64(49-19-7-4-8-20-49)67(61-28-16-13-25-58(46)61)52-31-37-55(38-32-52)70(56-39-33-53(34-40-56)68-62-29-17-14-26-59(62)47(2)44-65(68)50-21-9-5-10-22-50)57-41-35-54(36-42-57)69-63-30-18-15-27-60(63)48(3)45-66(69)51-23-11-6-12-24-51;1-46-19-37-64(67-43-55(28-40-61(46)67)49-13-7-4-8-14-49)52-22-31-58(32-23-52)70(59-33-24-53(25-34-59)65-38-20-47(2)62-41-29-56(44-68(62)65)50-15-9-5-10-16-50)60-35-26-54(27-36-60)66-39-21-48(3)63-42-30-57(45-69(63)66)51-17-11-6-12-18-51/h2*4-45H,1-3H3. The fourth-order valence-corrected chi connectivity index (χ4v) is 21.4. The summed E-state index contributed by atoms with van der Waals surface area (Å²) in [5, 5.41) is 15.2. The van der Waals surface area contributed by atoms with E-state index in [9.17, 15) is 0 Å². The Hall–Kier alpha value is -17.6. The highest BCUT2D eigenvalue weighted by molar-refractivity contribution is 6.11. The second kappa shape index (κ2) is 37.6. The first-order chi connectivity index (χ1) is 68.9. The SMILES string of the molecule is Cc1cc(-c2ccccc2)c(-c2ccc(N(c3ccc(-c4c(-c5ccccc5)cc(C)c5ccccc45)cc3)c3ccc(-c4c(-c5ccccc5)cc(C)c5ccccc45)cc3)cc2)c2ccccc12.Cc1ccc(-c2ccc(N(c3ccc(-c4ccc(C)c5ccc(-c6ccccc6)cc45)cc3)c3ccc(-c4ccc(C)c5ccc(-c6ccccc6)cc45)cc3)cc2)c2cc(-c3ccccc3)ccc12. The van der Waals surface area contributed by atoms with Gasteiger partial charge in [-0.25, -0.2) is 0 Å². The fourth-order valence-electron chi connectivity index (χ4n) is 21.4. The lowest BCUT2D eigenvalue weighted by Gasteiger charge is -2.27. The van der Waals surface area contributed by atoms with Gasteiger partial charge in [0.2, 0.25) is 0 Å². The summed E-state index contributed by atoms with van der Waals surface area (Å²) in [6.07, 6.45) is 0. The van der Waals surface area contributed by atoms with Crippen LogP contribution in [0.1, 0.15) is 33.4 Å². The van der Waals surface area contributed by atoms with Crippen molar-refractivity contribution in [2.45, 2.75) is 41.5 Å². The molecule has 0 aliphatic carbocycles. The third-order valence-electron chi connectivity index (χ3n) is 28.6. The predicted octanol–water partition coefficient (Wildman–Crippen LogP) is 39.1. The van der Waals surface area contributed by atoms with E-state index in [1.165, 1.54) is 232 Å². The molecule has 0 aliphatic rings. The van der Waals surface area contributed by atoms with Crippen molar-refractivity contribution in [3.8, 4) is 134 Å². The summed E-state index contributed by atoms with van der Waals surface area (Å²) < 4.78 is 0. The van der Waals surface area contributed by atoms with Gasteiger partial charge >= 0.3 is 0 Å². The maximum absolute atomic E-state index is 2.40. The lowest BCUT2D eigenvalue weighted by molar-refractivity contribution is 1.28. The van der Waals surface area contributed by atoms with E-state index in [1.54, 1.807) is 0 Å². The molecule has 24 aromatic carbocycles. The Kier molecular flexibility index (Phi) is 23.2. The third kappa shape index (κ3) is 16.6. The van der Waals surface area contributed by atoms with Crippen molar-refractivity contribution in [3.63, 3.8) is 0 Å². The van der Waals surface area contributed by atoms with Crippen LogP contribution in [0.4, 0.5) is 34.1 Å². The van der Waals surface area contributed by atoms with Crippen LogP contribution >= 0.6 is 0 Å². The molecule has 2 nitrogen and oxygen atoms in total. The van der Waals surface area contributed by atoms with Crippen molar-refractivity contribution >= 4 is 98.8 Å². The van der Waals surface area contributed by atoms with Crippen molar-refractivity contribution < 1.29 is 0 Å². The van der Waals surface area contributed by atoms with Crippen LogP contribution < -0.4 is 9.80 Å². The molecule has 140 heavy (non-hydrogen) atoms. The molecule has 0 heterocycles. The molecular weight excluding hydrogens is 1690 g/mol. The highest BCUT2D eigenvalue weighted by Crippen LogP contribution is 2.50. The van der Waals surface area contributed by atoms with Crippen molar-refractivity contribution in [2.24, 2.45) is 0 Å². The van der Waals surface area contributed by atoms with Crippen LogP contribution in [0.5, 0.6) is 0 Å². The first kappa shape index (κ1) is 86.6. The third-order valence-corrected chi connectivity index (χ3v) is 28.6. The molecule has 0 atom stereocenters. The topological polar surface area (TPSA) is 6.48 Å². The second-order valence-electron chi connectivity index (χ2n) is 37.2. The molecule has 0 saturated heterocycles. The molecule has 0 aliphatic heterocycles. The molecule has 0 aromatic heterocycles. The number of hydrogen-bond donors (Lipinski definition) is 0. The van der Waals surface area contributed by atoms with Crippen molar-refractivity contribution in [3.05, 3.63) is 543 Å². The zero-order chi connectivity index (χ0) is 94.3. The molecule has 0 N–H and O–H groups in total. The van der Waals surface area contributed by atoms with Gasteiger partial charge in [-0.05, 0) is 364 Å². The normalized spacial score (nSPS) is 11.4. The lowest BCUT2D eigenvalue weighted by atomic mass is 9.87. The van der Waals surface area contributed by atoms with E-state index in [1.807, 2.05) is 0 Å². The average molecular weight is 1790 g/mol. The number of fused-ring (bicyclic) bond motifs is 6. The Morgan fingerprint density at radius 1 is 0.107 bits per heavy atom. The quantitative estimate of drug-likeness (QED) is 0.0845. The molecule has 0 radical (unpaired) electrons. The van der Waals surface area contributed by atoms with E-state index in [2.05, 4.69) is 561 Å². The van der Waals surface area contributed by atoms with Gasteiger partial charge in [0.15, 0.2) is 0 Å². The van der Waals surface area contributed by atoms with Crippen molar-refractivity contribution in [2.75, 3.05) is 9.80 Å². The van der Waals surface area contributed by atoms with E-state index in [0.29, 0.717) is 0 Å². The predicted molar refractivity (Wildman–Crippen MR) is 601 cm³/mol. The van der Waals surface area contributed by atoms with Gasteiger partial charge in [0.25, 0.3) is 0 Å². The van der Waals surface area contributed by atoms with Gasteiger partial charge in [-0.2, -0.15) is 0 Å².